The van der Waals surface area contributed by atoms with E-state index in [1.54, 1.807) is 6.07 Å². The molecule has 0 unspecified atom stereocenters. The zero-order chi connectivity index (χ0) is 11.8. The third kappa shape index (κ3) is 2.23. The molecule has 0 heterocycles. The molecule has 0 amide bonds. The van der Waals surface area contributed by atoms with Gasteiger partial charge in [0.2, 0.25) is 0 Å². The number of halogens is 2. The fourth-order valence-electron chi connectivity index (χ4n) is 2.15. The third-order valence-electron chi connectivity index (χ3n) is 3.03. The lowest BCUT2D eigenvalue weighted by atomic mass is 9.94. The Hall–Kier alpha value is -0.610. The quantitative estimate of drug-likeness (QED) is 0.766. The Bertz CT molecular complexity index is 492. The summed E-state index contributed by atoms with van der Waals surface area (Å²) in [5, 5.41) is 0. The summed E-state index contributed by atoms with van der Waals surface area (Å²) in [6.45, 7) is 0. The predicted molar refractivity (Wildman–Crippen MR) is 60.7 cm³/mol. The van der Waals surface area contributed by atoms with Crippen LogP contribution < -0.4 is 0 Å². The van der Waals surface area contributed by atoms with Crippen LogP contribution in [0.25, 0.3) is 0 Å². The number of benzene rings is 1. The van der Waals surface area contributed by atoms with Gasteiger partial charge in [-0.05, 0) is 43.4 Å². The van der Waals surface area contributed by atoms with E-state index in [4.69, 9.17) is 10.7 Å². The average Bonchev–Trinajstić information content (AvgIpc) is 2.66. The molecular weight excluding hydrogens is 251 g/mol. The van der Waals surface area contributed by atoms with Gasteiger partial charge in [-0.3, -0.25) is 0 Å². The molecule has 5 heteroatoms. The zero-order valence-electron chi connectivity index (χ0n) is 8.62. The fraction of sp³-hybridized carbons (Fsp3) is 0.455. The molecule has 2 rings (SSSR count). The van der Waals surface area contributed by atoms with Crippen LogP contribution in [0.1, 0.15) is 31.2 Å². The minimum Gasteiger partial charge on any atom is -0.239 e. The minimum atomic E-state index is -3.78. The van der Waals surface area contributed by atoms with Crippen LogP contribution in [0.5, 0.6) is 0 Å². The van der Waals surface area contributed by atoms with E-state index in [1.165, 1.54) is 18.2 Å². The Kier molecular flexibility index (Phi) is 2.97. The molecular formula is C11H12ClFO2S. The maximum Gasteiger partial charge on any atom is 0.261 e. The summed E-state index contributed by atoms with van der Waals surface area (Å²) in [6.07, 6.45) is 2.60. The van der Waals surface area contributed by atoms with Crippen LogP contribution in [0.4, 0.5) is 4.39 Å². The van der Waals surface area contributed by atoms with Crippen molar-refractivity contribution >= 4 is 19.7 Å². The topological polar surface area (TPSA) is 34.1 Å². The minimum absolute atomic E-state index is 0.0319. The van der Waals surface area contributed by atoms with E-state index in [-0.39, 0.29) is 4.90 Å². The molecule has 0 spiro atoms. The summed E-state index contributed by atoms with van der Waals surface area (Å²) in [6, 6.07) is 5.87. The van der Waals surface area contributed by atoms with Crippen LogP contribution in [-0.2, 0) is 14.7 Å². The highest BCUT2D eigenvalue weighted by atomic mass is 35.7. The van der Waals surface area contributed by atoms with Gasteiger partial charge in [-0.2, -0.15) is 0 Å². The second-order valence-electron chi connectivity index (χ2n) is 4.14. The molecule has 16 heavy (non-hydrogen) atoms. The molecule has 1 fully saturated rings. The van der Waals surface area contributed by atoms with E-state index in [1.807, 2.05) is 0 Å². The Morgan fingerprint density at radius 3 is 2.44 bits per heavy atom. The van der Waals surface area contributed by atoms with E-state index < -0.39 is 14.7 Å². The summed E-state index contributed by atoms with van der Waals surface area (Å²) in [5.41, 5.74) is -0.954. The Labute approximate surface area is 98.8 Å². The Morgan fingerprint density at radius 2 is 1.88 bits per heavy atom. The van der Waals surface area contributed by atoms with Crippen molar-refractivity contribution in [2.75, 3.05) is 0 Å². The first kappa shape index (κ1) is 11.9. The monoisotopic (exact) mass is 262 g/mol. The second kappa shape index (κ2) is 4.00. The molecule has 1 aliphatic rings. The normalized spacial score (nSPS) is 19.9. The van der Waals surface area contributed by atoms with Crippen molar-refractivity contribution in [3.63, 3.8) is 0 Å². The molecule has 1 aromatic rings. The molecule has 0 radical (unpaired) electrons. The van der Waals surface area contributed by atoms with Crippen LogP contribution in [0.15, 0.2) is 29.2 Å². The van der Waals surface area contributed by atoms with Gasteiger partial charge in [-0.15, -0.1) is 0 Å². The molecule has 1 aromatic carbocycles. The highest BCUT2D eigenvalue weighted by molar-refractivity contribution is 8.13. The summed E-state index contributed by atoms with van der Waals surface area (Å²) in [7, 11) is 1.46. The molecule has 88 valence electrons. The van der Waals surface area contributed by atoms with Gasteiger partial charge < -0.3 is 0 Å². The predicted octanol–water partition coefficient (Wildman–Crippen LogP) is 3.35. The summed E-state index contributed by atoms with van der Waals surface area (Å²) < 4.78 is 36.7. The van der Waals surface area contributed by atoms with Gasteiger partial charge >= 0.3 is 0 Å². The molecule has 1 aliphatic carbocycles. The SMILES string of the molecule is O=S(=O)(Cl)c1cccc(C2(F)CCCC2)c1. The molecule has 2 nitrogen and oxygen atoms in total. The molecule has 0 saturated heterocycles. The van der Waals surface area contributed by atoms with Gasteiger partial charge in [0.1, 0.15) is 5.67 Å². The van der Waals surface area contributed by atoms with Gasteiger partial charge in [-0.25, -0.2) is 12.8 Å². The van der Waals surface area contributed by atoms with E-state index in [2.05, 4.69) is 0 Å². The van der Waals surface area contributed by atoms with Crippen LogP contribution in [0.3, 0.4) is 0 Å². The van der Waals surface area contributed by atoms with Crippen molar-refractivity contribution in [1.29, 1.82) is 0 Å². The smallest absolute Gasteiger partial charge is 0.239 e. The Balaban J connectivity index is 2.44. The van der Waals surface area contributed by atoms with E-state index in [0.717, 1.165) is 12.8 Å². The molecule has 0 bridgehead atoms. The lowest BCUT2D eigenvalue weighted by Crippen LogP contribution is -2.15. The standard InChI is InChI=1S/C11H12ClFO2S/c12-16(14,15)10-5-3-4-9(8-10)11(13)6-1-2-7-11/h3-5,8H,1-2,6-7H2. The molecule has 0 aliphatic heterocycles. The number of hydrogen-bond donors (Lipinski definition) is 0. The van der Waals surface area contributed by atoms with Gasteiger partial charge in [0.15, 0.2) is 0 Å². The fourth-order valence-corrected chi connectivity index (χ4v) is 2.95. The maximum absolute atomic E-state index is 14.4. The molecule has 0 atom stereocenters. The maximum atomic E-state index is 14.4. The third-order valence-corrected chi connectivity index (χ3v) is 4.38. The van der Waals surface area contributed by atoms with E-state index >= 15 is 0 Å². The highest BCUT2D eigenvalue weighted by Gasteiger charge is 2.35. The molecule has 0 aromatic heterocycles. The lowest BCUT2D eigenvalue weighted by molar-refractivity contribution is 0.174. The van der Waals surface area contributed by atoms with E-state index in [0.29, 0.717) is 18.4 Å². The van der Waals surface area contributed by atoms with Crippen LogP contribution in [-0.4, -0.2) is 8.42 Å². The van der Waals surface area contributed by atoms with Crippen molar-refractivity contribution < 1.29 is 12.8 Å². The zero-order valence-corrected chi connectivity index (χ0v) is 10.2. The van der Waals surface area contributed by atoms with Crippen molar-refractivity contribution in [3.05, 3.63) is 29.8 Å². The summed E-state index contributed by atoms with van der Waals surface area (Å²) in [5.74, 6) is 0. The van der Waals surface area contributed by atoms with Crippen molar-refractivity contribution in [2.24, 2.45) is 0 Å². The molecule has 1 saturated carbocycles. The average molecular weight is 263 g/mol. The first-order valence-corrected chi connectivity index (χ1v) is 7.47. The number of rotatable bonds is 2. The number of hydrogen-bond acceptors (Lipinski definition) is 2. The number of alkyl halides is 1. The van der Waals surface area contributed by atoms with Crippen LogP contribution in [0.2, 0.25) is 0 Å². The second-order valence-corrected chi connectivity index (χ2v) is 6.70. The van der Waals surface area contributed by atoms with E-state index in [9.17, 15) is 12.8 Å². The highest BCUT2D eigenvalue weighted by Crippen LogP contribution is 2.42. The first-order valence-electron chi connectivity index (χ1n) is 5.16. The largest absolute Gasteiger partial charge is 0.261 e. The summed E-state index contributed by atoms with van der Waals surface area (Å²) >= 11 is 0. The summed E-state index contributed by atoms with van der Waals surface area (Å²) in [4.78, 5) is -0.0319. The van der Waals surface area contributed by atoms with Gasteiger partial charge in [0.25, 0.3) is 9.05 Å². The van der Waals surface area contributed by atoms with Crippen molar-refractivity contribution in [1.82, 2.24) is 0 Å². The van der Waals surface area contributed by atoms with Crippen molar-refractivity contribution in [2.45, 2.75) is 36.2 Å². The van der Waals surface area contributed by atoms with Gasteiger partial charge in [0.05, 0.1) is 4.90 Å². The van der Waals surface area contributed by atoms with Gasteiger partial charge in [-0.1, -0.05) is 12.1 Å². The van der Waals surface area contributed by atoms with Gasteiger partial charge in [0, 0.05) is 10.7 Å². The van der Waals surface area contributed by atoms with Crippen LogP contribution >= 0.6 is 10.7 Å². The van der Waals surface area contributed by atoms with Crippen molar-refractivity contribution in [3.8, 4) is 0 Å². The Morgan fingerprint density at radius 1 is 1.25 bits per heavy atom. The lowest BCUT2D eigenvalue weighted by Gasteiger charge is -2.19. The first-order chi connectivity index (χ1) is 7.42. The van der Waals surface area contributed by atoms with Crippen LogP contribution in [0, 0.1) is 0 Å². The molecule has 0 N–H and O–H groups in total.